The van der Waals surface area contributed by atoms with E-state index in [2.05, 4.69) is 132 Å². The van der Waals surface area contributed by atoms with E-state index in [1.165, 1.54) is 32.7 Å². The third-order valence-corrected chi connectivity index (χ3v) is 9.38. The molecule has 1 aliphatic rings. The Morgan fingerprint density at radius 2 is 1.48 bits per heavy atom. The lowest BCUT2D eigenvalue weighted by atomic mass is 9.74. The Labute approximate surface area is 252 Å². The molecule has 2 atom stereocenters. The highest BCUT2D eigenvalue weighted by atomic mass is 79.9. The highest BCUT2D eigenvalue weighted by Crippen LogP contribution is 2.51. The number of nitrogens with zero attached hydrogens (tertiary/aromatic N) is 2. The first-order valence-corrected chi connectivity index (χ1v) is 15.2. The van der Waals surface area contributed by atoms with Gasteiger partial charge in [-0.15, -0.1) is 0 Å². The summed E-state index contributed by atoms with van der Waals surface area (Å²) < 4.78 is 7.73. The zero-order valence-electron chi connectivity index (χ0n) is 23.1. The molecule has 7 aromatic rings. The Hall–Kier alpha value is -4.54. The van der Waals surface area contributed by atoms with Crippen LogP contribution in [0.5, 0.6) is 0 Å². The molecule has 0 aliphatic carbocycles. The van der Waals surface area contributed by atoms with Gasteiger partial charge in [0.15, 0.2) is 0 Å². The van der Waals surface area contributed by atoms with E-state index in [-0.39, 0.29) is 11.8 Å². The van der Waals surface area contributed by atoms with Crippen LogP contribution in [0.2, 0.25) is 0 Å². The van der Waals surface area contributed by atoms with Crippen molar-refractivity contribution in [2.45, 2.75) is 25.2 Å². The van der Waals surface area contributed by atoms with Crippen LogP contribution in [0, 0.1) is 0 Å². The van der Waals surface area contributed by atoms with Crippen LogP contribution in [0.3, 0.4) is 0 Å². The number of rotatable bonds is 4. The summed E-state index contributed by atoms with van der Waals surface area (Å²) in [5, 5.41) is 5.93. The van der Waals surface area contributed by atoms with Gasteiger partial charge in [0.05, 0.1) is 17.3 Å². The van der Waals surface area contributed by atoms with E-state index in [4.69, 9.17) is 14.4 Å². The largest absolute Gasteiger partial charge is 0.438 e. The van der Waals surface area contributed by atoms with E-state index in [1.807, 2.05) is 12.3 Å². The first-order valence-electron chi connectivity index (χ1n) is 14.4. The number of hydrogen-bond donors (Lipinski definition) is 0. The molecule has 0 saturated heterocycles. The number of pyridine rings is 1. The van der Waals surface area contributed by atoms with Gasteiger partial charge in [-0.3, -0.25) is 4.98 Å². The lowest BCUT2D eigenvalue weighted by Crippen LogP contribution is -2.25. The summed E-state index contributed by atoms with van der Waals surface area (Å²) in [5.74, 6) is 0.863. The van der Waals surface area contributed by atoms with Gasteiger partial charge < -0.3 is 4.42 Å². The average molecular weight is 608 g/mol. The number of furan rings is 1. The molecule has 3 heterocycles. The van der Waals surface area contributed by atoms with Gasteiger partial charge in [0.2, 0.25) is 5.88 Å². The number of aliphatic imine (C=N–C) groups is 1. The maximum absolute atomic E-state index is 6.65. The van der Waals surface area contributed by atoms with Gasteiger partial charge in [-0.25, -0.2) is 4.99 Å². The van der Waals surface area contributed by atoms with Crippen LogP contribution in [-0.4, -0.2) is 10.7 Å². The van der Waals surface area contributed by atoms with Crippen LogP contribution in [0.1, 0.15) is 42.0 Å². The Balaban J connectivity index is 1.37. The molecule has 0 amide bonds. The molecule has 0 fully saturated rings. The number of hydrogen-bond acceptors (Lipinski definition) is 3. The Morgan fingerprint density at radius 1 is 0.714 bits per heavy atom. The van der Waals surface area contributed by atoms with Crippen LogP contribution in [0.25, 0.3) is 43.6 Å². The Morgan fingerprint density at radius 3 is 2.36 bits per heavy atom. The predicted molar refractivity (Wildman–Crippen MR) is 177 cm³/mol. The van der Waals surface area contributed by atoms with Crippen LogP contribution in [0.15, 0.2) is 135 Å². The Bertz CT molecular complexity index is 2160. The number of aromatic nitrogens is 1. The van der Waals surface area contributed by atoms with Gasteiger partial charge in [-0.2, -0.15) is 0 Å². The fourth-order valence-electron chi connectivity index (χ4n) is 6.79. The fraction of sp³-hybridized carbons (Fsp3) is 0.105. The highest BCUT2D eigenvalue weighted by molar-refractivity contribution is 9.10. The van der Waals surface area contributed by atoms with Crippen molar-refractivity contribution >= 4 is 60.0 Å². The first-order chi connectivity index (χ1) is 20.7. The minimum atomic E-state index is -0.00757. The molecule has 2 aromatic heterocycles. The van der Waals surface area contributed by atoms with Crippen molar-refractivity contribution in [3.63, 3.8) is 0 Å². The van der Waals surface area contributed by atoms with E-state index in [0.29, 0.717) is 5.88 Å². The minimum Gasteiger partial charge on any atom is -0.438 e. The van der Waals surface area contributed by atoms with E-state index in [1.54, 1.807) is 0 Å². The van der Waals surface area contributed by atoms with Crippen molar-refractivity contribution in [2.75, 3.05) is 0 Å². The first kappa shape index (κ1) is 25.2. The molecule has 202 valence electrons. The Kier molecular flexibility index (Phi) is 6.04. The fourth-order valence-corrected chi connectivity index (χ4v) is 7.29. The quantitative estimate of drug-likeness (QED) is 0.200. The summed E-state index contributed by atoms with van der Waals surface area (Å²) >= 11 is 3.76. The molecule has 5 aromatic carbocycles. The molecule has 42 heavy (non-hydrogen) atoms. The van der Waals surface area contributed by atoms with Crippen molar-refractivity contribution in [3.8, 4) is 11.1 Å². The standard InChI is InChI=1S/C38H27BrN2O/c1-2-25-35-31-20-19-24(27-13-7-11-23-10-3-4-12-26(23)27)22-34(31)42-38(35)41-37(36(25)33-18-5-6-21-40-33)30-16-8-15-29-28(30)14-9-17-32(29)39/h3-22,25,36H,2H2,1H3. The zero-order valence-corrected chi connectivity index (χ0v) is 24.7. The second kappa shape index (κ2) is 10.1. The lowest BCUT2D eigenvalue weighted by molar-refractivity contribution is 0.566. The van der Waals surface area contributed by atoms with Gasteiger partial charge in [0.1, 0.15) is 5.58 Å². The highest BCUT2D eigenvalue weighted by Gasteiger charge is 2.38. The van der Waals surface area contributed by atoms with E-state index in [9.17, 15) is 0 Å². The van der Waals surface area contributed by atoms with Crippen LogP contribution in [0.4, 0.5) is 5.88 Å². The van der Waals surface area contributed by atoms with E-state index in [0.717, 1.165) is 44.4 Å². The summed E-state index contributed by atoms with van der Waals surface area (Å²) in [6, 6.07) is 40.6. The lowest BCUT2D eigenvalue weighted by Gasteiger charge is -2.31. The topological polar surface area (TPSA) is 38.4 Å². The molecule has 4 heteroatoms. The number of benzene rings is 5. The summed E-state index contributed by atoms with van der Waals surface area (Å²) in [6.45, 7) is 2.26. The van der Waals surface area contributed by atoms with Crippen molar-refractivity contribution < 1.29 is 4.42 Å². The predicted octanol–water partition coefficient (Wildman–Crippen LogP) is 11.0. The third-order valence-electron chi connectivity index (χ3n) is 8.69. The SMILES string of the molecule is CCC1c2c(oc3cc(-c4cccc5ccccc45)ccc23)N=C(c2cccc3c(Br)cccc23)C1c1ccccn1. The molecule has 0 bridgehead atoms. The van der Waals surface area contributed by atoms with Crippen LogP contribution < -0.4 is 0 Å². The normalized spacial score (nSPS) is 16.6. The van der Waals surface area contributed by atoms with E-state index < -0.39 is 0 Å². The minimum absolute atomic E-state index is 0.00757. The third kappa shape index (κ3) is 3.93. The smallest absolute Gasteiger partial charge is 0.223 e. The molecule has 0 radical (unpaired) electrons. The zero-order chi connectivity index (χ0) is 28.2. The maximum atomic E-state index is 6.65. The molecular formula is C38H27BrN2O. The van der Waals surface area contributed by atoms with Gasteiger partial charge in [-0.05, 0) is 63.4 Å². The molecule has 0 N–H and O–H groups in total. The van der Waals surface area contributed by atoms with Gasteiger partial charge in [0, 0.05) is 33.1 Å². The van der Waals surface area contributed by atoms with Crippen molar-refractivity contribution in [3.05, 3.63) is 143 Å². The van der Waals surface area contributed by atoms with Crippen LogP contribution >= 0.6 is 15.9 Å². The van der Waals surface area contributed by atoms with Gasteiger partial charge in [0.25, 0.3) is 0 Å². The van der Waals surface area contributed by atoms with Gasteiger partial charge in [-0.1, -0.05) is 114 Å². The molecular weight excluding hydrogens is 580 g/mol. The molecule has 1 aliphatic heterocycles. The molecule has 0 saturated carbocycles. The number of fused-ring (bicyclic) bond motifs is 5. The monoisotopic (exact) mass is 606 g/mol. The number of halogens is 1. The summed E-state index contributed by atoms with van der Waals surface area (Å²) in [4.78, 5) is 10.2. The summed E-state index contributed by atoms with van der Waals surface area (Å²) in [5.41, 5.74) is 7.54. The molecule has 3 nitrogen and oxygen atoms in total. The van der Waals surface area contributed by atoms with Crippen molar-refractivity contribution in [2.24, 2.45) is 4.99 Å². The second-order valence-corrected chi connectivity index (χ2v) is 11.8. The van der Waals surface area contributed by atoms with E-state index >= 15 is 0 Å². The average Bonchev–Trinajstić information content (AvgIpc) is 3.41. The second-order valence-electron chi connectivity index (χ2n) is 10.9. The summed E-state index contributed by atoms with van der Waals surface area (Å²) in [6.07, 6.45) is 2.82. The molecule has 8 rings (SSSR count). The molecule has 2 unspecified atom stereocenters. The van der Waals surface area contributed by atoms with Gasteiger partial charge >= 0.3 is 0 Å². The molecule has 0 spiro atoms. The van der Waals surface area contributed by atoms with Crippen molar-refractivity contribution in [1.29, 1.82) is 0 Å². The maximum Gasteiger partial charge on any atom is 0.223 e. The van der Waals surface area contributed by atoms with Crippen molar-refractivity contribution in [1.82, 2.24) is 4.98 Å². The van der Waals surface area contributed by atoms with Crippen LogP contribution in [-0.2, 0) is 0 Å². The summed E-state index contributed by atoms with van der Waals surface area (Å²) in [7, 11) is 0.